The van der Waals surface area contributed by atoms with Crippen LogP contribution < -0.4 is 21.1 Å². The Bertz CT molecular complexity index is 716. The Morgan fingerprint density at radius 1 is 1.23 bits per heavy atom. The zero-order chi connectivity index (χ0) is 16.1. The zero-order valence-electron chi connectivity index (χ0n) is 12.2. The van der Waals surface area contributed by atoms with Crippen molar-refractivity contribution in [3.05, 3.63) is 47.8 Å². The molecule has 0 saturated carbocycles. The number of pyridine rings is 1. The summed E-state index contributed by atoms with van der Waals surface area (Å²) < 4.78 is 5.74. The maximum Gasteiger partial charge on any atom is 0.316 e. The summed E-state index contributed by atoms with van der Waals surface area (Å²) in [5.41, 5.74) is 6.73. The van der Waals surface area contributed by atoms with Crippen molar-refractivity contribution < 1.29 is 14.3 Å². The number of carbonyl (C=O) groups excluding carboxylic acids is 2. The normalized spacial score (nSPS) is 9.91. The monoisotopic (exact) mass is 300 g/mol. The molecule has 0 unspecified atom stereocenters. The van der Waals surface area contributed by atoms with Crippen molar-refractivity contribution in [3.63, 3.8) is 0 Å². The first kappa shape index (κ1) is 15.3. The number of hydrogen-bond acceptors (Lipinski definition) is 4. The number of nitrogens with two attached hydrogens (primary N) is 1. The molecule has 0 atom stereocenters. The maximum atomic E-state index is 11.6. The highest BCUT2D eigenvalue weighted by Gasteiger charge is 2.08. The molecule has 0 radical (unpaired) electrons. The molecular formula is C15H16N4O3. The molecule has 114 valence electrons. The van der Waals surface area contributed by atoms with Gasteiger partial charge in [0, 0.05) is 25.0 Å². The van der Waals surface area contributed by atoms with Crippen LogP contribution in [0.25, 0.3) is 0 Å². The molecule has 1 heterocycles. The van der Waals surface area contributed by atoms with Gasteiger partial charge in [-0.1, -0.05) is 0 Å². The lowest BCUT2D eigenvalue weighted by molar-refractivity contribution is 0.0958. The Balaban J connectivity index is 2.20. The number of nitrogens with one attached hydrogen (secondary N) is 2. The summed E-state index contributed by atoms with van der Waals surface area (Å²) in [7, 11) is 1.53. The number of carbonyl (C=O) groups is 2. The molecule has 1 aromatic carbocycles. The van der Waals surface area contributed by atoms with Crippen LogP contribution >= 0.6 is 0 Å². The van der Waals surface area contributed by atoms with Gasteiger partial charge in [0.2, 0.25) is 0 Å². The Morgan fingerprint density at radius 3 is 2.64 bits per heavy atom. The van der Waals surface area contributed by atoms with Gasteiger partial charge in [-0.3, -0.25) is 9.78 Å². The van der Waals surface area contributed by atoms with Crippen molar-refractivity contribution in [1.82, 2.24) is 10.3 Å². The molecule has 2 rings (SSSR count). The number of nitrogens with zero attached hydrogens (tertiary/aromatic N) is 1. The average Bonchev–Trinajstić information content (AvgIpc) is 2.49. The predicted molar refractivity (Wildman–Crippen MR) is 82.1 cm³/mol. The molecule has 0 fully saturated rings. The number of benzene rings is 1. The van der Waals surface area contributed by atoms with E-state index in [-0.39, 0.29) is 11.6 Å². The lowest BCUT2D eigenvalue weighted by Crippen LogP contribution is -2.19. The van der Waals surface area contributed by atoms with E-state index in [4.69, 9.17) is 10.5 Å². The van der Waals surface area contributed by atoms with Crippen molar-refractivity contribution in [3.8, 4) is 11.5 Å². The molecule has 0 bridgehead atoms. The number of hydrogen-bond donors (Lipinski definition) is 3. The van der Waals surface area contributed by atoms with E-state index in [1.54, 1.807) is 30.3 Å². The van der Waals surface area contributed by atoms with Crippen LogP contribution in [0.1, 0.15) is 16.1 Å². The number of urea groups is 1. The Kier molecular flexibility index (Phi) is 4.57. The van der Waals surface area contributed by atoms with Crippen molar-refractivity contribution in [2.24, 2.45) is 5.73 Å². The van der Waals surface area contributed by atoms with Crippen LogP contribution in [0.5, 0.6) is 11.5 Å². The van der Waals surface area contributed by atoms with E-state index in [0.29, 0.717) is 17.2 Å². The van der Waals surface area contributed by atoms with Crippen LogP contribution in [0.3, 0.4) is 0 Å². The maximum absolute atomic E-state index is 11.6. The fraction of sp³-hybridized carbons (Fsp3) is 0.133. The van der Waals surface area contributed by atoms with Gasteiger partial charge in [-0.15, -0.1) is 0 Å². The SMILES string of the molecule is CNC(=O)c1cc(Oc2ccc(NC(N)=O)cc2C)ccn1. The molecule has 7 nitrogen and oxygen atoms in total. The van der Waals surface area contributed by atoms with E-state index in [9.17, 15) is 9.59 Å². The predicted octanol–water partition coefficient (Wildman–Crippen LogP) is 2.03. The summed E-state index contributed by atoms with van der Waals surface area (Å²) in [5.74, 6) is 0.805. The quantitative estimate of drug-likeness (QED) is 0.803. The van der Waals surface area contributed by atoms with Crippen molar-refractivity contribution in [2.75, 3.05) is 12.4 Å². The first-order valence-electron chi connectivity index (χ1n) is 6.52. The van der Waals surface area contributed by atoms with E-state index in [0.717, 1.165) is 5.56 Å². The molecule has 0 aliphatic heterocycles. The van der Waals surface area contributed by atoms with Crippen LogP contribution in [0.4, 0.5) is 10.5 Å². The molecule has 7 heteroatoms. The van der Waals surface area contributed by atoms with Gasteiger partial charge in [0.1, 0.15) is 17.2 Å². The third kappa shape index (κ3) is 3.72. The topological polar surface area (TPSA) is 106 Å². The first-order valence-corrected chi connectivity index (χ1v) is 6.52. The number of ether oxygens (including phenoxy) is 1. The second-order valence-corrected chi connectivity index (χ2v) is 4.53. The second kappa shape index (κ2) is 6.57. The molecule has 0 saturated heterocycles. The highest BCUT2D eigenvalue weighted by atomic mass is 16.5. The molecule has 0 aliphatic carbocycles. The summed E-state index contributed by atoms with van der Waals surface area (Å²) in [5, 5.41) is 4.99. The summed E-state index contributed by atoms with van der Waals surface area (Å²) in [6, 6.07) is 7.70. The molecule has 4 N–H and O–H groups in total. The number of aryl methyl sites for hydroxylation is 1. The Labute approximate surface area is 127 Å². The van der Waals surface area contributed by atoms with Gasteiger partial charge in [0.05, 0.1) is 0 Å². The van der Waals surface area contributed by atoms with Gasteiger partial charge in [-0.05, 0) is 36.8 Å². The summed E-state index contributed by atoms with van der Waals surface area (Å²) >= 11 is 0. The molecule has 22 heavy (non-hydrogen) atoms. The molecular weight excluding hydrogens is 284 g/mol. The van der Waals surface area contributed by atoms with Gasteiger partial charge < -0.3 is 21.1 Å². The summed E-state index contributed by atoms with van der Waals surface area (Å²) in [4.78, 5) is 26.3. The highest BCUT2D eigenvalue weighted by Crippen LogP contribution is 2.27. The first-order chi connectivity index (χ1) is 10.5. The molecule has 2 aromatic rings. The average molecular weight is 300 g/mol. The lowest BCUT2D eigenvalue weighted by Gasteiger charge is -2.11. The molecule has 0 aliphatic rings. The minimum Gasteiger partial charge on any atom is -0.457 e. The summed E-state index contributed by atoms with van der Waals surface area (Å²) in [6.45, 7) is 1.84. The van der Waals surface area contributed by atoms with Crippen LogP contribution in [-0.2, 0) is 0 Å². The lowest BCUT2D eigenvalue weighted by atomic mass is 10.2. The fourth-order valence-electron chi connectivity index (χ4n) is 1.84. The van der Waals surface area contributed by atoms with Gasteiger partial charge >= 0.3 is 6.03 Å². The number of rotatable bonds is 4. The van der Waals surface area contributed by atoms with Gasteiger partial charge in [-0.25, -0.2) is 4.79 Å². The fourth-order valence-corrected chi connectivity index (χ4v) is 1.84. The van der Waals surface area contributed by atoms with E-state index in [1.165, 1.54) is 13.2 Å². The smallest absolute Gasteiger partial charge is 0.316 e. The Hall–Kier alpha value is -3.09. The van der Waals surface area contributed by atoms with Gasteiger partial charge in [-0.2, -0.15) is 0 Å². The minimum atomic E-state index is -0.627. The number of anilines is 1. The second-order valence-electron chi connectivity index (χ2n) is 4.53. The molecule has 3 amide bonds. The highest BCUT2D eigenvalue weighted by molar-refractivity contribution is 5.92. The number of primary amides is 1. The van der Waals surface area contributed by atoms with E-state index >= 15 is 0 Å². The van der Waals surface area contributed by atoms with Crippen LogP contribution in [0, 0.1) is 6.92 Å². The zero-order valence-corrected chi connectivity index (χ0v) is 12.2. The molecule has 0 spiro atoms. The Morgan fingerprint density at radius 2 is 2.00 bits per heavy atom. The number of aromatic nitrogens is 1. The van der Waals surface area contributed by atoms with E-state index in [1.807, 2.05) is 6.92 Å². The molecule has 1 aromatic heterocycles. The standard InChI is InChI=1S/C15H16N4O3/c1-9-7-10(19-15(16)21)3-4-13(9)22-11-5-6-18-12(8-11)14(20)17-2/h3-8H,1-2H3,(H,17,20)(H3,16,19,21). The third-order valence-corrected chi connectivity index (χ3v) is 2.86. The van der Waals surface area contributed by atoms with Gasteiger partial charge in [0.25, 0.3) is 5.91 Å². The largest absolute Gasteiger partial charge is 0.457 e. The van der Waals surface area contributed by atoms with Crippen LogP contribution in [0.2, 0.25) is 0 Å². The van der Waals surface area contributed by atoms with Crippen molar-refractivity contribution in [1.29, 1.82) is 0 Å². The van der Waals surface area contributed by atoms with E-state index in [2.05, 4.69) is 15.6 Å². The van der Waals surface area contributed by atoms with Crippen molar-refractivity contribution >= 4 is 17.6 Å². The third-order valence-electron chi connectivity index (χ3n) is 2.86. The summed E-state index contributed by atoms with van der Waals surface area (Å²) in [6.07, 6.45) is 1.50. The minimum absolute atomic E-state index is 0.268. The van der Waals surface area contributed by atoms with E-state index < -0.39 is 6.03 Å². The number of amides is 3. The van der Waals surface area contributed by atoms with Crippen LogP contribution in [-0.4, -0.2) is 24.0 Å². The van der Waals surface area contributed by atoms with Crippen LogP contribution in [0.15, 0.2) is 36.5 Å². The van der Waals surface area contributed by atoms with Gasteiger partial charge in [0.15, 0.2) is 0 Å². The van der Waals surface area contributed by atoms with Crippen molar-refractivity contribution in [2.45, 2.75) is 6.92 Å².